The highest BCUT2D eigenvalue weighted by Gasteiger charge is 2.49. The Labute approximate surface area is 170 Å². The summed E-state index contributed by atoms with van der Waals surface area (Å²) in [7, 11) is -2.47. The molecule has 2 aromatic rings. The lowest BCUT2D eigenvalue weighted by Gasteiger charge is -2.43. The molecule has 2 rings (SSSR count). The number of benzene rings is 2. The number of unbranched alkanes of at least 4 members (excludes halogenated alkanes) is 2. The molecule has 2 aromatic carbocycles. The van der Waals surface area contributed by atoms with Gasteiger partial charge in [0.2, 0.25) is 0 Å². The smallest absolute Gasteiger partial charge is 0.261 e. The summed E-state index contributed by atoms with van der Waals surface area (Å²) < 4.78 is 20.2. The highest BCUT2D eigenvalue weighted by molar-refractivity contribution is 6.99. The molecule has 0 bridgehead atoms. The second-order valence-electron chi connectivity index (χ2n) is 8.13. The Morgan fingerprint density at radius 2 is 1.50 bits per heavy atom. The van der Waals surface area contributed by atoms with Gasteiger partial charge in [-0.1, -0.05) is 87.5 Å². The molecule has 0 aliphatic heterocycles. The second kappa shape index (κ2) is 10.7. The molecule has 0 atom stereocenters. The van der Waals surface area contributed by atoms with E-state index in [-0.39, 0.29) is 23.9 Å². The van der Waals surface area contributed by atoms with E-state index in [2.05, 4.69) is 69.3 Å². The molecule has 2 nitrogen and oxygen atoms in total. The minimum Gasteiger partial charge on any atom is -0.407 e. The first kappa shape index (κ1) is 22.5. The molecule has 0 amide bonds. The number of aliphatic hydroxyl groups is 1. The topological polar surface area (TPSA) is 29.5 Å². The van der Waals surface area contributed by atoms with Gasteiger partial charge >= 0.3 is 0 Å². The predicted molar refractivity (Wildman–Crippen MR) is 118 cm³/mol. The van der Waals surface area contributed by atoms with Crippen molar-refractivity contribution in [2.24, 2.45) is 0 Å². The maximum atomic E-state index is 13.4. The third-order valence-electron chi connectivity index (χ3n) is 5.05. The van der Waals surface area contributed by atoms with Crippen LogP contribution in [0.3, 0.4) is 0 Å². The molecular formula is C24H33FO2Si. The van der Waals surface area contributed by atoms with E-state index >= 15 is 0 Å². The van der Waals surface area contributed by atoms with Crippen molar-refractivity contribution in [2.45, 2.75) is 51.5 Å². The molecule has 1 N–H and O–H groups in total. The molecule has 0 fully saturated rings. The van der Waals surface area contributed by atoms with Gasteiger partial charge in [0, 0.05) is 19.6 Å². The van der Waals surface area contributed by atoms with Crippen molar-refractivity contribution < 1.29 is 13.9 Å². The quantitative estimate of drug-likeness (QED) is 0.451. The van der Waals surface area contributed by atoms with Gasteiger partial charge in [0.1, 0.15) is 0 Å². The minimum absolute atomic E-state index is 0.0250. The Balaban J connectivity index is 2.19. The summed E-state index contributed by atoms with van der Waals surface area (Å²) in [4.78, 5) is 0. The van der Waals surface area contributed by atoms with Crippen LogP contribution in [0.2, 0.25) is 5.04 Å². The van der Waals surface area contributed by atoms with Crippen LogP contribution in [-0.4, -0.2) is 26.6 Å². The summed E-state index contributed by atoms with van der Waals surface area (Å²) in [5.74, 6) is -0.226. The summed E-state index contributed by atoms with van der Waals surface area (Å²) in [5, 5.41) is 11.3. The van der Waals surface area contributed by atoms with Gasteiger partial charge in [-0.25, -0.2) is 4.39 Å². The number of aliphatic hydroxyl groups excluding tert-OH is 1. The molecule has 0 aromatic heterocycles. The van der Waals surface area contributed by atoms with E-state index in [1.807, 2.05) is 12.1 Å². The Morgan fingerprint density at radius 3 is 1.96 bits per heavy atom. The van der Waals surface area contributed by atoms with Gasteiger partial charge in [-0.05, 0) is 34.7 Å². The number of halogens is 1. The second-order valence-corrected chi connectivity index (χ2v) is 12.4. The van der Waals surface area contributed by atoms with Crippen molar-refractivity contribution in [2.75, 3.05) is 13.2 Å². The lowest BCUT2D eigenvalue weighted by molar-refractivity contribution is 0.285. The molecule has 28 heavy (non-hydrogen) atoms. The summed E-state index contributed by atoms with van der Waals surface area (Å²) in [6, 6.07) is 21.2. The highest BCUT2D eigenvalue weighted by atomic mass is 28.4. The van der Waals surface area contributed by atoms with Crippen molar-refractivity contribution in [3.05, 3.63) is 72.6 Å². The number of allylic oxidation sites excluding steroid dienone is 1. The molecule has 0 aliphatic rings. The molecule has 0 saturated heterocycles. The molecular weight excluding hydrogens is 367 g/mol. The van der Waals surface area contributed by atoms with Crippen molar-refractivity contribution in [1.82, 2.24) is 0 Å². The summed E-state index contributed by atoms with van der Waals surface area (Å²) in [6.07, 6.45) is 4.12. The van der Waals surface area contributed by atoms with Gasteiger partial charge < -0.3 is 9.53 Å². The number of hydrogen-bond donors (Lipinski definition) is 1. The summed E-state index contributed by atoms with van der Waals surface area (Å²) >= 11 is 0. The third kappa shape index (κ3) is 5.63. The fourth-order valence-corrected chi connectivity index (χ4v) is 8.31. The first-order chi connectivity index (χ1) is 13.4. The van der Waals surface area contributed by atoms with Crippen molar-refractivity contribution in [3.8, 4) is 0 Å². The van der Waals surface area contributed by atoms with E-state index in [0.717, 1.165) is 12.8 Å². The summed E-state index contributed by atoms with van der Waals surface area (Å²) in [6.45, 7) is 7.33. The van der Waals surface area contributed by atoms with Crippen LogP contribution in [0.5, 0.6) is 0 Å². The fraction of sp³-hybridized carbons (Fsp3) is 0.417. The van der Waals surface area contributed by atoms with Gasteiger partial charge in [-0.15, -0.1) is 0 Å². The van der Waals surface area contributed by atoms with Gasteiger partial charge in [-0.3, -0.25) is 0 Å². The molecule has 0 saturated carbocycles. The van der Waals surface area contributed by atoms with E-state index in [4.69, 9.17) is 9.53 Å². The van der Waals surface area contributed by atoms with Crippen LogP contribution in [0, 0.1) is 0 Å². The zero-order valence-electron chi connectivity index (χ0n) is 17.3. The standard InChI is InChI=1S/C24H33FO2Si/c1-24(2,3)28(22-14-8-4-9-15-22,23-16-10-5-11-17-23)27-20-12-6-7-13-21(25)18-19-26/h4-5,8-11,13-17,26H,6-7,12,18-20H2,1-3H3. The molecule has 4 heteroatoms. The Bertz CT molecular complexity index is 684. The van der Waals surface area contributed by atoms with Gasteiger partial charge in [0.05, 0.1) is 5.83 Å². The monoisotopic (exact) mass is 400 g/mol. The van der Waals surface area contributed by atoms with E-state index in [0.29, 0.717) is 13.0 Å². The van der Waals surface area contributed by atoms with Crippen LogP contribution in [-0.2, 0) is 4.43 Å². The number of hydrogen-bond acceptors (Lipinski definition) is 2. The zero-order chi connectivity index (χ0) is 20.5. The molecule has 0 spiro atoms. The van der Waals surface area contributed by atoms with Gasteiger partial charge in [0.15, 0.2) is 0 Å². The van der Waals surface area contributed by atoms with Crippen LogP contribution in [0.15, 0.2) is 72.6 Å². The van der Waals surface area contributed by atoms with Crippen LogP contribution < -0.4 is 10.4 Å². The Kier molecular flexibility index (Phi) is 8.61. The van der Waals surface area contributed by atoms with E-state index in [1.165, 1.54) is 10.4 Å². The van der Waals surface area contributed by atoms with Crippen molar-refractivity contribution in [1.29, 1.82) is 0 Å². The van der Waals surface area contributed by atoms with E-state index in [1.54, 1.807) is 6.08 Å². The summed E-state index contributed by atoms with van der Waals surface area (Å²) in [5.41, 5.74) is 0. The highest BCUT2D eigenvalue weighted by Crippen LogP contribution is 2.36. The van der Waals surface area contributed by atoms with Crippen molar-refractivity contribution in [3.63, 3.8) is 0 Å². The largest absolute Gasteiger partial charge is 0.407 e. The molecule has 0 heterocycles. The molecule has 0 radical (unpaired) electrons. The zero-order valence-corrected chi connectivity index (χ0v) is 18.3. The average Bonchev–Trinajstić information content (AvgIpc) is 2.68. The van der Waals surface area contributed by atoms with Gasteiger partial charge in [-0.2, -0.15) is 0 Å². The first-order valence-electron chi connectivity index (χ1n) is 10.1. The maximum absolute atomic E-state index is 13.4. The molecule has 0 unspecified atom stereocenters. The fourth-order valence-electron chi connectivity index (χ4n) is 3.70. The lowest BCUT2D eigenvalue weighted by Crippen LogP contribution is -2.66. The molecule has 0 aliphatic carbocycles. The first-order valence-corrected chi connectivity index (χ1v) is 12.0. The lowest BCUT2D eigenvalue weighted by atomic mass is 10.2. The average molecular weight is 401 g/mol. The molecule has 152 valence electrons. The van der Waals surface area contributed by atoms with E-state index in [9.17, 15) is 4.39 Å². The predicted octanol–water partition coefficient (Wildman–Crippen LogP) is 4.97. The van der Waals surface area contributed by atoms with Crippen LogP contribution >= 0.6 is 0 Å². The minimum atomic E-state index is -2.47. The van der Waals surface area contributed by atoms with E-state index < -0.39 is 8.32 Å². The normalized spacial score (nSPS) is 13.0. The van der Waals surface area contributed by atoms with Crippen LogP contribution in [0.1, 0.15) is 46.5 Å². The van der Waals surface area contributed by atoms with Gasteiger partial charge in [0.25, 0.3) is 8.32 Å². The number of rotatable bonds is 10. The van der Waals surface area contributed by atoms with Crippen LogP contribution in [0.4, 0.5) is 4.39 Å². The Hall–Kier alpha value is -1.75. The maximum Gasteiger partial charge on any atom is 0.261 e. The third-order valence-corrected chi connectivity index (χ3v) is 10.1. The Morgan fingerprint density at radius 1 is 0.964 bits per heavy atom. The van der Waals surface area contributed by atoms with Crippen LogP contribution in [0.25, 0.3) is 0 Å². The SMILES string of the molecule is CC(C)(C)[Si](OCCCCC=C(F)CCO)(c1ccccc1)c1ccccc1. The van der Waals surface area contributed by atoms with Crippen molar-refractivity contribution >= 4 is 18.7 Å².